The summed E-state index contributed by atoms with van der Waals surface area (Å²) in [6, 6.07) is 8.65. The van der Waals surface area contributed by atoms with Crippen molar-refractivity contribution in [3.8, 4) is 5.75 Å². The van der Waals surface area contributed by atoms with Crippen LogP contribution in [0.4, 0.5) is 0 Å². The first-order valence-corrected chi connectivity index (χ1v) is 7.06. The zero-order valence-corrected chi connectivity index (χ0v) is 12.6. The lowest BCUT2D eigenvalue weighted by Gasteiger charge is -2.09. The van der Waals surface area contributed by atoms with Gasteiger partial charge in [0.15, 0.2) is 0 Å². The largest absolute Gasteiger partial charge is 0.490 e. The van der Waals surface area contributed by atoms with Crippen LogP contribution in [0.2, 0.25) is 0 Å². The first-order chi connectivity index (χ1) is 8.20. The van der Waals surface area contributed by atoms with E-state index in [9.17, 15) is 0 Å². The quantitative estimate of drug-likeness (QED) is 0.572. The van der Waals surface area contributed by atoms with Crippen LogP contribution in [0.15, 0.2) is 24.3 Å². The van der Waals surface area contributed by atoms with Crippen LogP contribution in [0, 0.1) is 3.57 Å². The van der Waals surface area contributed by atoms with E-state index in [4.69, 9.17) is 9.47 Å². The van der Waals surface area contributed by atoms with Gasteiger partial charge in [0.25, 0.3) is 0 Å². The smallest absolute Gasteiger partial charge is 0.132 e. The Balaban J connectivity index is 2.03. The van der Waals surface area contributed by atoms with Crippen molar-refractivity contribution < 1.29 is 14.8 Å². The highest BCUT2D eigenvalue weighted by molar-refractivity contribution is 14.1. The number of quaternary nitrogens is 1. The number of hydrogen-bond donors (Lipinski definition) is 1. The highest BCUT2D eigenvalue weighted by Gasteiger charge is 1.99. The topological polar surface area (TPSA) is 35.1 Å². The molecule has 0 unspecified atom stereocenters. The van der Waals surface area contributed by atoms with E-state index in [0.29, 0.717) is 19.3 Å². The van der Waals surface area contributed by atoms with E-state index < -0.39 is 0 Å². The monoisotopic (exact) mass is 350 g/mol. The van der Waals surface area contributed by atoms with Crippen molar-refractivity contribution in [2.75, 3.05) is 26.4 Å². The zero-order valence-electron chi connectivity index (χ0n) is 10.5. The molecular weight excluding hydrogens is 329 g/mol. The molecule has 96 valence electrons. The van der Waals surface area contributed by atoms with Gasteiger partial charge in [0.2, 0.25) is 0 Å². The van der Waals surface area contributed by atoms with Gasteiger partial charge >= 0.3 is 0 Å². The number of rotatable bonds is 8. The maximum Gasteiger partial charge on any atom is 0.132 e. The van der Waals surface area contributed by atoms with Gasteiger partial charge in [-0.2, -0.15) is 0 Å². The van der Waals surface area contributed by atoms with Crippen LogP contribution >= 0.6 is 22.6 Å². The minimum atomic E-state index is 0.613. The third-order valence-electron chi connectivity index (χ3n) is 2.22. The maximum absolute atomic E-state index is 5.62. The molecule has 0 aromatic heterocycles. The average Bonchev–Trinajstić information content (AvgIpc) is 2.30. The summed E-state index contributed by atoms with van der Waals surface area (Å²) in [5, 5.41) is 2.26. The zero-order chi connectivity index (χ0) is 12.5. The minimum Gasteiger partial charge on any atom is -0.490 e. The first kappa shape index (κ1) is 14.7. The molecule has 0 saturated carbocycles. The van der Waals surface area contributed by atoms with Crippen molar-refractivity contribution in [2.24, 2.45) is 0 Å². The fourth-order valence-corrected chi connectivity index (χ4v) is 1.90. The summed E-state index contributed by atoms with van der Waals surface area (Å²) in [5.74, 6) is 0.936. The van der Waals surface area contributed by atoms with Crippen LogP contribution in [-0.4, -0.2) is 32.4 Å². The molecular formula is C13H21INO2+. The van der Waals surface area contributed by atoms with E-state index in [2.05, 4.69) is 41.8 Å². The standard InChI is InChI=1S/C13H20INO2/c1-11(2)15-7-8-16-9-10-17-13-6-4-3-5-12(13)14/h3-6,11,15H,7-10H2,1-2H3/p+1. The lowest BCUT2D eigenvalue weighted by Crippen LogP contribution is -2.89. The predicted octanol–water partition coefficient (Wildman–Crippen LogP) is 1.66. The molecule has 1 rings (SSSR count). The van der Waals surface area contributed by atoms with Crippen molar-refractivity contribution in [1.82, 2.24) is 0 Å². The van der Waals surface area contributed by atoms with E-state index >= 15 is 0 Å². The van der Waals surface area contributed by atoms with Gasteiger partial charge in [-0.15, -0.1) is 0 Å². The molecule has 0 amide bonds. The molecule has 0 aliphatic rings. The van der Waals surface area contributed by atoms with Gasteiger partial charge in [0.05, 0.1) is 29.4 Å². The predicted molar refractivity (Wildman–Crippen MR) is 77.4 cm³/mol. The molecule has 0 spiro atoms. The van der Waals surface area contributed by atoms with Crippen LogP contribution in [0.3, 0.4) is 0 Å². The Morgan fingerprint density at radius 3 is 2.65 bits per heavy atom. The van der Waals surface area contributed by atoms with Crippen molar-refractivity contribution in [2.45, 2.75) is 19.9 Å². The Kier molecular flexibility index (Phi) is 7.55. The summed E-state index contributed by atoms with van der Waals surface area (Å²) < 4.78 is 12.2. The summed E-state index contributed by atoms with van der Waals surface area (Å²) in [5.41, 5.74) is 0. The van der Waals surface area contributed by atoms with E-state index in [0.717, 1.165) is 22.5 Å². The Morgan fingerprint density at radius 2 is 1.94 bits per heavy atom. The van der Waals surface area contributed by atoms with Gasteiger partial charge in [-0.05, 0) is 48.6 Å². The lowest BCUT2D eigenvalue weighted by molar-refractivity contribution is -0.684. The third-order valence-corrected chi connectivity index (χ3v) is 3.11. The van der Waals surface area contributed by atoms with Crippen molar-refractivity contribution in [3.63, 3.8) is 0 Å². The molecule has 0 saturated heterocycles. The lowest BCUT2D eigenvalue weighted by atomic mass is 10.3. The summed E-state index contributed by atoms with van der Waals surface area (Å²) in [6.45, 7) is 7.42. The normalized spacial score (nSPS) is 10.8. The van der Waals surface area contributed by atoms with Gasteiger partial charge in [0, 0.05) is 0 Å². The summed E-state index contributed by atoms with van der Waals surface area (Å²) in [7, 11) is 0. The highest BCUT2D eigenvalue weighted by atomic mass is 127. The minimum absolute atomic E-state index is 0.613. The van der Waals surface area contributed by atoms with E-state index in [1.165, 1.54) is 0 Å². The summed E-state index contributed by atoms with van der Waals surface area (Å²) in [4.78, 5) is 0. The van der Waals surface area contributed by atoms with Gasteiger partial charge in [-0.3, -0.25) is 0 Å². The second kappa shape index (κ2) is 8.72. The highest BCUT2D eigenvalue weighted by Crippen LogP contribution is 2.19. The summed E-state index contributed by atoms with van der Waals surface area (Å²) >= 11 is 2.27. The molecule has 0 radical (unpaired) electrons. The molecule has 1 aromatic carbocycles. The number of benzene rings is 1. The fraction of sp³-hybridized carbons (Fsp3) is 0.538. The Bertz CT molecular complexity index is 318. The maximum atomic E-state index is 5.62. The second-order valence-corrected chi connectivity index (χ2v) is 5.32. The Hall–Kier alpha value is -0.330. The van der Waals surface area contributed by atoms with Gasteiger partial charge < -0.3 is 14.8 Å². The number of halogens is 1. The fourth-order valence-electron chi connectivity index (χ4n) is 1.36. The summed E-state index contributed by atoms with van der Waals surface area (Å²) in [6.07, 6.45) is 0. The number of ether oxygens (including phenoxy) is 2. The Morgan fingerprint density at radius 1 is 1.18 bits per heavy atom. The van der Waals surface area contributed by atoms with Gasteiger partial charge in [0.1, 0.15) is 12.4 Å². The average molecular weight is 350 g/mol. The molecule has 3 nitrogen and oxygen atoms in total. The number of para-hydroxylation sites is 1. The van der Waals surface area contributed by atoms with Crippen LogP contribution in [-0.2, 0) is 4.74 Å². The second-order valence-electron chi connectivity index (χ2n) is 4.16. The van der Waals surface area contributed by atoms with Gasteiger partial charge in [-0.25, -0.2) is 0 Å². The number of nitrogens with two attached hydrogens (primary N) is 1. The van der Waals surface area contributed by atoms with Crippen LogP contribution < -0.4 is 10.1 Å². The van der Waals surface area contributed by atoms with E-state index in [1.807, 2.05) is 24.3 Å². The molecule has 17 heavy (non-hydrogen) atoms. The van der Waals surface area contributed by atoms with Crippen LogP contribution in [0.25, 0.3) is 0 Å². The Labute approximate surface area is 117 Å². The molecule has 2 N–H and O–H groups in total. The molecule has 0 atom stereocenters. The molecule has 0 bridgehead atoms. The SMILES string of the molecule is CC(C)[NH2+]CCOCCOc1ccccc1I. The van der Waals surface area contributed by atoms with E-state index in [-0.39, 0.29) is 0 Å². The molecule has 4 heteroatoms. The number of hydrogen-bond acceptors (Lipinski definition) is 2. The molecule has 0 heterocycles. The van der Waals surface area contributed by atoms with Gasteiger partial charge in [-0.1, -0.05) is 12.1 Å². The molecule has 0 aliphatic carbocycles. The third kappa shape index (κ3) is 6.85. The first-order valence-electron chi connectivity index (χ1n) is 5.98. The van der Waals surface area contributed by atoms with Crippen LogP contribution in [0.1, 0.15) is 13.8 Å². The molecule has 1 aromatic rings. The van der Waals surface area contributed by atoms with E-state index in [1.54, 1.807) is 0 Å². The van der Waals surface area contributed by atoms with Crippen LogP contribution in [0.5, 0.6) is 5.75 Å². The van der Waals surface area contributed by atoms with Crippen molar-refractivity contribution in [3.05, 3.63) is 27.8 Å². The molecule has 0 aliphatic heterocycles. The van der Waals surface area contributed by atoms with Crippen molar-refractivity contribution >= 4 is 22.6 Å². The van der Waals surface area contributed by atoms with Crippen molar-refractivity contribution in [1.29, 1.82) is 0 Å². The molecule has 0 fully saturated rings.